The van der Waals surface area contributed by atoms with E-state index in [2.05, 4.69) is 18.4 Å². The molecule has 1 heterocycles. The lowest BCUT2D eigenvalue weighted by Crippen LogP contribution is -2.55. The minimum atomic E-state index is -0.474. The van der Waals surface area contributed by atoms with Crippen molar-refractivity contribution < 1.29 is 5.11 Å². The third-order valence-electron chi connectivity index (χ3n) is 5.58. The molecule has 0 unspecified atom stereocenters. The molecule has 0 spiro atoms. The van der Waals surface area contributed by atoms with Crippen LogP contribution < -0.4 is 0 Å². The van der Waals surface area contributed by atoms with Crippen LogP contribution in [0.15, 0.2) is 11.4 Å². The maximum absolute atomic E-state index is 11.3. The van der Waals surface area contributed by atoms with E-state index in [0.717, 1.165) is 11.8 Å². The first-order chi connectivity index (χ1) is 8.16. The Morgan fingerprint density at radius 2 is 1.71 bits per heavy atom. The van der Waals surface area contributed by atoms with E-state index in [4.69, 9.17) is 0 Å². The molecule has 1 aromatic heterocycles. The second kappa shape index (κ2) is 3.36. The van der Waals surface area contributed by atoms with E-state index in [0.29, 0.717) is 11.8 Å². The average molecular weight is 248 g/mol. The summed E-state index contributed by atoms with van der Waals surface area (Å²) in [4.78, 5) is 1.34. The van der Waals surface area contributed by atoms with Gasteiger partial charge in [-0.3, -0.25) is 0 Å². The van der Waals surface area contributed by atoms with Crippen LogP contribution in [0.3, 0.4) is 0 Å². The van der Waals surface area contributed by atoms with Crippen LogP contribution in [0.2, 0.25) is 0 Å². The standard InChI is InChI=1S/C15H20OS/c1-9-2-14(8-17-9)15(16)12-4-10-3-11(6-12)7-13(15)5-10/h2,8,10-13,16H,3-7H2,1H3. The van der Waals surface area contributed by atoms with Crippen molar-refractivity contribution in [1.82, 2.24) is 0 Å². The summed E-state index contributed by atoms with van der Waals surface area (Å²) in [5, 5.41) is 13.5. The van der Waals surface area contributed by atoms with E-state index in [-0.39, 0.29) is 0 Å². The SMILES string of the molecule is Cc1cc(C2(O)C3CC4CC(C3)CC2C4)cs1. The highest BCUT2D eigenvalue weighted by Gasteiger charge is 2.57. The summed E-state index contributed by atoms with van der Waals surface area (Å²) in [6, 6.07) is 2.23. The number of rotatable bonds is 1. The Balaban J connectivity index is 1.78. The molecule has 17 heavy (non-hydrogen) atoms. The molecule has 5 rings (SSSR count). The number of aliphatic hydroxyl groups is 1. The van der Waals surface area contributed by atoms with Crippen molar-refractivity contribution in [3.63, 3.8) is 0 Å². The van der Waals surface area contributed by atoms with Gasteiger partial charge in [0.1, 0.15) is 0 Å². The van der Waals surface area contributed by atoms with E-state index >= 15 is 0 Å². The van der Waals surface area contributed by atoms with Gasteiger partial charge in [-0.05, 0) is 79.7 Å². The van der Waals surface area contributed by atoms with Gasteiger partial charge in [0, 0.05) is 4.88 Å². The third kappa shape index (κ3) is 1.34. The first kappa shape index (κ1) is 10.6. The minimum absolute atomic E-state index is 0.474. The Bertz CT molecular complexity index is 420. The Hall–Kier alpha value is -0.340. The maximum Gasteiger partial charge on any atom is 0.0961 e. The van der Waals surface area contributed by atoms with Crippen LogP contribution in [0.25, 0.3) is 0 Å². The molecule has 0 radical (unpaired) electrons. The largest absolute Gasteiger partial charge is 0.385 e. The van der Waals surface area contributed by atoms with Crippen molar-refractivity contribution in [1.29, 1.82) is 0 Å². The molecule has 1 aromatic rings. The number of hydrogen-bond acceptors (Lipinski definition) is 2. The van der Waals surface area contributed by atoms with Crippen molar-refractivity contribution >= 4 is 11.3 Å². The Morgan fingerprint density at radius 3 is 2.18 bits per heavy atom. The second-order valence-corrected chi connectivity index (χ2v) is 7.69. The van der Waals surface area contributed by atoms with Crippen molar-refractivity contribution in [2.75, 3.05) is 0 Å². The van der Waals surface area contributed by atoms with Gasteiger partial charge < -0.3 is 5.11 Å². The zero-order valence-corrected chi connectivity index (χ0v) is 11.2. The molecule has 4 aliphatic carbocycles. The lowest BCUT2D eigenvalue weighted by atomic mass is 9.49. The summed E-state index contributed by atoms with van der Waals surface area (Å²) in [5.41, 5.74) is 0.756. The molecule has 4 fully saturated rings. The average Bonchev–Trinajstić information content (AvgIpc) is 2.72. The molecule has 0 atom stereocenters. The molecule has 0 aromatic carbocycles. The van der Waals surface area contributed by atoms with Crippen molar-refractivity contribution in [2.45, 2.75) is 44.6 Å². The first-order valence-corrected chi connectivity index (χ1v) is 7.82. The summed E-state index contributed by atoms with van der Waals surface area (Å²) in [6.45, 7) is 2.15. The van der Waals surface area contributed by atoms with Gasteiger partial charge in [-0.1, -0.05) is 0 Å². The van der Waals surface area contributed by atoms with Gasteiger partial charge in [-0.25, -0.2) is 0 Å². The maximum atomic E-state index is 11.3. The Kier molecular flexibility index (Phi) is 2.09. The number of thiophene rings is 1. The predicted octanol–water partition coefficient (Wildman–Crippen LogP) is 3.70. The summed E-state index contributed by atoms with van der Waals surface area (Å²) in [6.07, 6.45) is 6.55. The van der Waals surface area contributed by atoms with Crippen LogP contribution in [-0.4, -0.2) is 5.11 Å². The molecule has 1 N–H and O–H groups in total. The van der Waals surface area contributed by atoms with Gasteiger partial charge in [0.05, 0.1) is 5.60 Å². The fraction of sp³-hybridized carbons (Fsp3) is 0.733. The van der Waals surface area contributed by atoms with Crippen LogP contribution >= 0.6 is 11.3 Å². The predicted molar refractivity (Wildman–Crippen MR) is 70.0 cm³/mol. The van der Waals surface area contributed by atoms with Crippen molar-refractivity contribution in [3.8, 4) is 0 Å². The van der Waals surface area contributed by atoms with Gasteiger partial charge in [-0.15, -0.1) is 11.3 Å². The third-order valence-corrected chi connectivity index (χ3v) is 6.44. The molecule has 4 aliphatic rings. The monoisotopic (exact) mass is 248 g/mol. The van der Waals surface area contributed by atoms with E-state index in [1.165, 1.54) is 42.5 Å². The quantitative estimate of drug-likeness (QED) is 0.803. The van der Waals surface area contributed by atoms with Crippen LogP contribution in [0, 0.1) is 30.6 Å². The summed E-state index contributed by atoms with van der Waals surface area (Å²) < 4.78 is 0. The fourth-order valence-electron chi connectivity index (χ4n) is 5.03. The lowest BCUT2D eigenvalue weighted by Gasteiger charge is -2.58. The number of aryl methyl sites for hydroxylation is 1. The topological polar surface area (TPSA) is 20.2 Å². The Morgan fingerprint density at radius 1 is 1.12 bits per heavy atom. The summed E-state index contributed by atoms with van der Waals surface area (Å²) in [7, 11) is 0. The molecule has 0 amide bonds. The van der Waals surface area contributed by atoms with Crippen molar-refractivity contribution in [3.05, 3.63) is 21.9 Å². The van der Waals surface area contributed by atoms with E-state index in [1.807, 2.05) is 0 Å². The van der Waals surface area contributed by atoms with Gasteiger partial charge in [0.15, 0.2) is 0 Å². The van der Waals surface area contributed by atoms with Gasteiger partial charge >= 0.3 is 0 Å². The highest BCUT2D eigenvalue weighted by atomic mass is 32.1. The smallest absolute Gasteiger partial charge is 0.0961 e. The number of hydrogen-bond donors (Lipinski definition) is 1. The molecular weight excluding hydrogens is 228 g/mol. The van der Waals surface area contributed by atoms with Crippen LogP contribution in [0.5, 0.6) is 0 Å². The molecule has 0 saturated heterocycles. The van der Waals surface area contributed by atoms with Gasteiger partial charge in [-0.2, -0.15) is 0 Å². The van der Waals surface area contributed by atoms with E-state index in [9.17, 15) is 5.11 Å². The molecule has 2 heteroatoms. The highest BCUT2D eigenvalue weighted by molar-refractivity contribution is 7.10. The summed E-state index contributed by atoms with van der Waals surface area (Å²) in [5.74, 6) is 2.95. The molecule has 4 saturated carbocycles. The zero-order chi connectivity index (χ0) is 11.6. The molecule has 92 valence electrons. The molecule has 0 aliphatic heterocycles. The van der Waals surface area contributed by atoms with Gasteiger partial charge in [0.2, 0.25) is 0 Å². The summed E-state index contributed by atoms with van der Waals surface area (Å²) >= 11 is 1.79. The van der Waals surface area contributed by atoms with Crippen LogP contribution in [-0.2, 0) is 5.60 Å². The van der Waals surface area contributed by atoms with E-state index in [1.54, 1.807) is 11.3 Å². The fourth-order valence-corrected chi connectivity index (χ4v) is 5.79. The van der Waals surface area contributed by atoms with Gasteiger partial charge in [0.25, 0.3) is 0 Å². The second-order valence-electron chi connectivity index (χ2n) is 6.58. The molecular formula is C15H20OS. The highest BCUT2D eigenvalue weighted by Crippen LogP contribution is 2.61. The Labute approximate surface area is 107 Å². The normalized spacial score (nSPS) is 47.6. The zero-order valence-electron chi connectivity index (χ0n) is 10.4. The lowest BCUT2D eigenvalue weighted by molar-refractivity contribution is -0.179. The van der Waals surface area contributed by atoms with Crippen LogP contribution in [0.1, 0.15) is 42.5 Å². The molecule has 1 nitrogen and oxygen atoms in total. The molecule has 4 bridgehead atoms. The minimum Gasteiger partial charge on any atom is -0.385 e. The first-order valence-electron chi connectivity index (χ1n) is 6.94. The van der Waals surface area contributed by atoms with Crippen molar-refractivity contribution in [2.24, 2.45) is 23.7 Å². The van der Waals surface area contributed by atoms with Crippen LogP contribution in [0.4, 0.5) is 0 Å². The van der Waals surface area contributed by atoms with E-state index < -0.39 is 5.60 Å².